The van der Waals surface area contributed by atoms with Gasteiger partial charge >= 0.3 is 0 Å². The molecule has 2 rings (SSSR count). The Labute approximate surface area is 92.9 Å². The first kappa shape index (κ1) is 10.7. The van der Waals surface area contributed by atoms with Crippen LogP contribution in [0.4, 0.5) is 4.39 Å². The van der Waals surface area contributed by atoms with Gasteiger partial charge in [0.1, 0.15) is 16.6 Å². The van der Waals surface area contributed by atoms with Crippen LogP contribution in [0.3, 0.4) is 0 Å². The molecule has 3 N–H and O–H groups in total. The van der Waals surface area contributed by atoms with Crippen LogP contribution < -0.4 is 5.73 Å². The van der Waals surface area contributed by atoms with Crippen molar-refractivity contribution in [1.29, 1.82) is 0 Å². The van der Waals surface area contributed by atoms with E-state index in [2.05, 4.69) is 0 Å². The van der Waals surface area contributed by atoms with E-state index in [0.717, 1.165) is 24.8 Å². The van der Waals surface area contributed by atoms with Crippen LogP contribution in [0.1, 0.15) is 24.8 Å². The number of halogens is 2. The molecule has 1 aromatic rings. The summed E-state index contributed by atoms with van der Waals surface area (Å²) in [5, 5.41) is 9.11. The van der Waals surface area contributed by atoms with Crippen molar-refractivity contribution in [3.63, 3.8) is 0 Å². The SMILES string of the molecule is NC1(CCc2cc(O)c(Cl)c(F)c2)CC1. The molecular weight excluding hydrogens is 217 g/mol. The van der Waals surface area contributed by atoms with Gasteiger partial charge in [0, 0.05) is 5.54 Å². The van der Waals surface area contributed by atoms with Crippen molar-refractivity contribution >= 4 is 11.6 Å². The first-order chi connectivity index (χ1) is 7.00. The summed E-state index contributed by atoms with van der Waals surface area (Å²) in [5.41, 5.74) is 6.61. The van der Waals surface area contributed by atoms with Gasteiger partial charge in [-0.1, -0.05) is 11.6 Å². The van der Waals surface area contributed by atoms with E-state index in [0.29, 0.717) is 6.42 Å². The molecule has 82 valence electrons. The average Bonchev–Trinajstić information content (AvgIpc) is 2.90. The van der Waals surface area contributed by atoms with Gasteiger partial charge in [-0.2, -0.15) is 0 Å². The van der Waals surface area contributed by atoms with Crippen molar-refractivity contribution in [1.82, 2.24) is 0 Å². The molecule has 1 fully saturated rings. The third-order valence-electron chi connectivity index (χ3n) is 2.87. The van der Waals surface area contributed by atoms with E-state index < -0.39 is 5.82 Å². The van der Waals surface area contributed by atoms with E-state index in [1.54, 1.807) is 0 Å². The fraction of sp³-hybridized carbons (Fsp3) is 0.455. The summed E-state index contributed by atoms with van der Waals surface area (Å²) in [6.45, 7) is 0. The number of phenolic OH excluding ortho intramolecular Hbond substituents is 1. The Balaban J connectivity index is 2.08. The van der Waals surface area contributed by atoms with Gasteiger partial charge in [-0.05, 0) is 43.4 Å². The van der Waals surface area contributed by atoms with E-state index in [1.807, 2.05) is 0 Å². The summed E-state index contributed by atoms with van der Waals surface area (Å²) in [4.78, 5) is 0. The predicted molar refractivity (Wildman–Crippen MR) is 57.5 cm³/mol. The average molecular weight is 230 g/mol. The van der Waals surface area contributed by atoms with Crippen molar-refractivity contribution < 1.29 is 9.50 Å². The van der Waals surface area contributed by atoms with Crippen LogP contribution in [0, 0.1) is 5.82 Å². The van der Waals surface area contributed by atoms with E-state index in [9.17, 15) is 9.50 Å². The molecule has 1 saturated carbocycles. The summed E-state index contributed by atoms with van der Waals surface area (Å²) < 4.78 is 13.2. The summed E-state index contributed by atoms with van der Waals surface area (Å²) in [6, 6.07) is 2.85. The van der Waals surface area contributed by atoms with Crippen LogP contribution in [-0.2, 0) is 6.42 Å². The highest BCUT2D eigenvalue weighted by Gasteiger charge is 2.37. The van der Waals surface area contributed by atoms with Gasteiger partial charge in [0.25, 0.3) is 0 Å². The molecule has 1 aliphatic carbocycles. The standard InChI is InChI=1S/C11H13ClFNO/c12-10-8(13)5-7(6-9(10)15)1-2-11(14)3-4-11/h5-6,15H,1-4,14H2. The van der Waals surface area contributed by atoms with Crippen LogP contribution in [0.5, 0.6) is 5.75 Å². The molecule has 4 heteroatoms. The number of aryl methyl sites for hydroxylation is 1. The zero-order valence-corrected chi connectivity index (χ0v) is 9.02. The molecule has 0 amide bonds. The van der Waals surface area contributed by atoms with Gasteiger partial charge in [0.2, 0.25) is 0 Å². The summed E-state index contributed by atoms with van der Waals surface area (Å²) in [7, 11) is 0. The van der Waals surface area contributed by atoms with Gasteiger partial charge in [-0.3, -0.25) is 0 Å². The van der Waals surface area contributed by atoms with Crippen molar-refractivity contribution in [2.24, 2.45) is 5.73 Å². The number of nitrogens with two attached hydrogens (primary N) is 1. The van der Waals surface area contributed by atoms with Gasteiger partial charge < -0.3 is 10.8 Å². The number of aromatic hydroxyl groups is 1. The smallest absolute Gasteiger partial charge is 0.145 e. The lowest BCUT2D eigenvalue weighted by molar-refractivity contribution is 0.467. The molecule has 0 spiro atoms. The summed E-state index contributed by atoms with van der Waals surface area (Å²) >= 11 is 5.50. The molecule has 0 aliphatic heterocycles. The van der Waals surface area contributed by atoms with Crippen molar-refractivity contribution in [3.05, 3.63) is 28.5 Å². The quantitative estimate of drug-likeness (QED) is 0.837. The lowest BCUT2D eigenvalue weighted by Gasteiger charge is -2.09. The number of hydrogen-bond donors (Lipinski definition) is 2. The van der Waals surface area contributed by atoms with E-state index >= 15 is 0 Å². The fourth-order valence-corrected chi connectivity index (χ4v) is 1.69. The number of benzene rings is 1. The molecular formula is C11H13ClFNO. The van der Waals surface area contributed by atoms with E-state index in [4.69, 9.17) is 17.3 Å². The topological polar surface area (TPSA) is 46.2 Å². The highest BCUT2D eigenvalue weighted by atomic mass is 35.5. The zero-order chi connectivity index (χ0) is 11.1. The first-order valence-electron chi connectivity index (χ1n) is 4.96. The first-order valence-corrected chi connectivity index (χ1v) is 5.34. The fourth-order valence-electron chi connectivity index (χ4n) is 1.58. The molecule has 0 radical (unpaired) electrons. The second-order valence-electron chi connectivity index (χ2n) is 4.27. The Morgan fingerprint density at radius 2 is 2.13 bits per heavy atom. The predicted octanol–water partition coefficient (Wildman–Crippen LogP) is 2.61. The summed E-state index contributed by atoms with van der Waals surface area (Å²) in [6.07, 6.45) is 3.58. The van der Waals surface area contributed by atoms with Gasteiger partial charge in [-0.15, -0.1) is 0 Å². The molecule has 15 heavy (non-hydrogen) atoms. The maximum Gasteiger partial charge on any atom is 0.145 e. The van der Waals surface area contributed by atoms with Crippen LogP contribution in [-0.4, -0.2) is 10.6 Å². The third kappa shape index (κ3) is 2.41. The Kier molecular flexibility index (Phi) is 2.61. The minimum Gasteiger partial charge on any atom is -0.506 e. The highest BCUT2D eigenvalue weighted by molar-refractivity contribution is 6.32. The normalized spacial score (nSPS) is 17.8. The number of phenols is 1. The maximum atomic E-state index is 13.2. The molecule has 0 heterocycles. The largest absolute Gasteiger partial charge is 0.506 e. The minimum absolute atomic E-state index is 0.0499. The molecule has 0 saturated heterocycles. The Hall–Kier alpha value is -0.800. The molecule has 0 unspecified atom stereocenters. The lowest BCUT2D eigenvalue weighted by Crippen LogP contribution is -2.22. The van der Waals surface area contributed by atoms with Crippen LogP contribution in [0.25, 0.3) is 0 Å². The Morgan fingerprint density at radius 3 is 2.67 bits per heavy atom. The maximum absolute atomic E-state index is 13.2. The van der Waals surface area contributed by atoms with Crippen molar-refractivity contribution in [2.75, 3.05) is 0 Å². The summed E-state index contributed by atoms with van der Waals surface area (Å²) in [5.74, 6) is -0.776. The molecule has 0 aromatic heterocycles. The number of hydrogen-bond acceptors (Lipinski definition) is 2. The Morgan fingerprint density at radius 1 is 1.47 bits per heavy atom. The van der Waals surface area contributed by atoms with Crippen LogP contribution >= 0.6 is 11.6 Å². The van der Waals surface area contributed by atoms with Crippen LogP contribution in [0.2, 0.25) is 5.02 Å². The minimum atomic E-state index is -0.575. The highest BCUT2D eigenvalue weighted by Crippen LogP contribution is 2.37. The van der Waals surface area contributed by atoms with Gasteiger partial charge in [-0.25, -0.2) is 4.39 Å². The van der Waals surface area contributed by atoms with Gasteiger partial charge in [0.15, 0.2) is 0 Å². The van der Waals surface area contributed by atoms with Crippen molar-refractivity contribution in [2.45, 2.75) is 31.2 Å². The van der Waals surface area contributed by atoms with Gasteiger partial charge in [0.05, 0.1) is 0 Å². The second-order valence-corrected chi connectivity index (χ2v) is 4.65. The van der Waals surface area contributed by atoms with Crippen LogP contribution in [0.15, 0.2) is 12.1 Å². The lowest BCUT2D eigenvalue weighted by atomic mass is 10.0. The molecule has 2 nitrogen and oxygen atoms in total. The molecule has 1 aliphatic rings. The monoisotopic (exact) mass is 229 g/mol. The molecule has 0 atom stereocenters. The second kappa shape index (κ2) is 3.65. The number of rotatable bonds is 3. The van der Waals surface area contributed by atoms with E-state index in [1.165, 1.54) is 12.1 Å². The zero-order valence-electron chi connectivity index (χ0n) is 8.26. The Bertz CT molecular complexity index is 367. The molecule has 0 bridgehead atoms. The van der Waals surface area contributed by atoms with E-state index in [-0.39, 0.29) is 16.3 Å². The third-order valence-corrected chi connectivity index (χ3v) is 3.25. The molecule has 1 aromatic carbocycles. The van der Waals surface area contributed by atoms with Crippen molar-refractivity contribution in [3.8, 4) is 5.75 Å².